The predicted molar refractivity (Wildman–Crippen MR) is 143 cm³/mol. The first-order chi connectivity index (χ1) is 17.1. The number of thioether (sulfide) groups is 1. The molecule has 9 N–H and O–H groups in total. The Morgan fingerprint density at radius 1 is 0.944 bits per heavy atom. The van der Waals surface area contributed by atoms with Gasteiger partial charge >= 0.3 is 5.97 Å². The third-order valence-corrected chi connectivity index (χ3v) is 6.37. The lowest BCUT2D eigenvalue weighted by Gasteiger charge is -2.25. The van der Waals surface area contributed by atoms with Gasteiger partial charge in [-0.2, -0.15) is 24.4 Å². The zero-order valence-electron chi connectivity index (χ0n) is 20.3. The highest BCUT2D eigenvalue weighted by atomic mass is 32.2. The molecule has 0 saturated heterocycles. The number of hydrogen-bond donors (Lipinski definition) is 8. The number of unbranched alkanes of at least 4 members (excludes halogenated alkanes) is 1. The zero-order valence-corrected chi connectivity index (χ0v) is 22.0. The lowest BCUT2D eigenvalue weighted by atomic mass is 10.0. The minimum atomic E-state index is -1.26. The maximum Gasteiger partial charge on any atom is 0.327 e. The number of amides is 3. The Morgan fingerprint density at radius 2 is 1.53 bits per heavy atom. The van der Waals surface area contributed by atoms with Gasteiger partial charge in [-0.1, -0.05) is 12.1 Å². The van der Waals surface area contributed by atoms with Crippen LogP contribution >= 0.6 is 24.4 Å². The molecule has 0 fully saturated rings. The van der Waals surface area contributed by atoms with Gasteiger partial charge in [0.1, 0.15) is 23.9 Å². The summed E-state index contributed by atoms with van der Waals surface area (Å²) in [6.45, 7) is 0.418. The van der Waals surface area contributed by atoms with E-state index in [1.807, 2.05) is 6.26 Å². The summed E-state index contributed by atoms with van der Waals surface area (Å²) in [6, 6.07) is 1.89. The minimum Gasteiger partial charge on any atom is -0.508 e. The number of aromatic hydroxyl groups is 1. The summed E-state index contributed by atoms with van der Waals surface area (Å²) in [6.07, 6.45) is 3.84. The number of carbonyl (C=O) groups is 4. The van der Waals surface area contributed by atoms with Gasteiger partial charge in [0, 0.05) is 12.2 Å². The number of benzene rings is 1. The number of nitrogens with two attached hydrogens (primary N) is 2. The monoisotopic (exact) mass is 543 g/mol. The number of nitrogens with one attached hydrogen (secondary N) is 3. The number of hydrogen-bond acceptors (Lipinski definition) is 9. The highest BCUT2D eigenvalue weighted by Gasteiger charge is 2.30. The standard InChI is InChI=1S/C23H37N5O6S2/c1-36-11-9-16(25)20(30)26-17(4-2-3-10-24)21(31)27-18(12-14-5-7-15(29)8-6-14)22(32)28-19(13-35)23(33)34/h5-8,16-19,29,35H,2-4,9-13,24-25H2,1H3,(H,26,30)(H,27,31)(H,28,32)(H,33,34). The Bertz CT molecular complexity index is 858. The van der Waals surface area contributed by atoms with E-state index < -0.39 is 47.9 Å². The van der Waals surface area contributed by atoms with E-state index in [0.717, 1.165) is 0 Å². The van der Waals surface area contributed by atoms with Crippen LogP contribution in [0.3, 0.4) is 0 Å². The largest absolute Gasteiger partial charge is 0.508 e. The molecular formula is C23H37N5O6S2. The van der Waals surface area contributed by atoms with E-state index in [4.69, 9.17) is 11.5 Å². The summed E-state index contributed by atoms with van der Waals surface area (Å²) < 4.78 is 0. The lowest BCUT2D eigenvalue weighted by molar-refractivity contribution is -0.141. The number of thiol groups is 1. The van der Waals surface area contributed by atoms with Crippen molar-refractivity contribution < 1.29 is 29.4 Å². The first-order valence-electron chi connectivity index (χ1n) is 11.6. The fraction of sp³-hybridized carbons (Fsp3) is 0.565. The Balaban J connectivity index is 3.08. The fourth-order valence-electron chi connectivity index (χ4n) is 3.22. The van der Waals surface area contributed by atoms with E-state index in [-0.39, 0.29) is 24.3 Å². The van der Waals surface area contributed by atoms with E-state index >= 15 is 0 Å². The first-order valence-corrected chi connectivity index (χ1v) is 13.6. The molecule has 1 aromatic carbocycles. The molecule has 1 rings (SSSR count). The summed E-state index contributed by atoms with van der Waals surface area (Å²) >= 11 is 5.51. The molecule has 0 aliphatic carbocycles. The first kappa shape index (κ1) is 31.5. The number of phenols is 1. The van der Waals surface area contributed by atoms with E-state index in [0.29, 0.717) is 37.1 Å². The molecule has 0 aliphatic heterocycles. The van der Waals surface area contributed by atoms with Crippen molar-refractivity contribution in [1.29, 1.82) is 0 Å². The van der Waals surface area contributed by atoms with Crippen molar-refractivity contribution >= 4 is 48.1 Å². The van der Waals surface area contributed by atoms with Crippen LogP contribution in [-0.2, 0) is 25.6 Å². The van der Waals surface area contributed by atoms with Crippen molar-refractivity contribution in [2.75, 3.05) is 24.3 Å². The molecule has 0 aliphatic rings. The maximum atomic E-state index is 13.2. The highest BCUT2D eigenvalue weighted by molar-refractivity contribution is 7.98. The van der Waals surface area contributed by atoms with Gasteiger partial charge in [-0.25, -0.2) is 4.79 Å². The molecule has 0 aromatic heterocycles. The summed E-state index contributed by atoms with van der Waals surface area (Å²) in [5.41, 5.74) is 12.1. The Hall–Kier alpha value is -2.48. The fourth-order valence-corrected chi connectivity index (χ4v) is 3.96. The second-order valence-electron chi connectivity index (χ2n) is 8.25. The molecule has 0 radical (unpaired) electrons. The van der Waals surface area contributed by atoms with Crippen LogP contribution in [0.25, 0.3) is 0 Å². The molecule has 0 spiro atoms. The lowest BCUT2D eigenvalue weighted by Crippen LogP contribution is -2.57. The summed E-state index contributed by atoms with van der Waals surface area (Å²) in [5, 5.41) is 26.5. The van der Waals surface area contributed by atoms with Gasteiger partial charge in [0.15, 0.2) is 0 Å². The third-order valence-electron chi connectivity index (χ3n) is 5.36. The van der Waals surface area contributed by atoms with Crippen molar-refractivity contribution in [1.82, 2.24) is 16.0 Å². The Labute approximate surface area is 220 Å². The van der Waals surface area contributed by atoms with E-state index in [9.17, 15) is 29.4 Å². The van der Waals surface area contributed by atoms with Gasteiger partial charge in [0.25, 0.3) is 0 Å². The van der Waals surface area contributed by atoms with Gasteiger partial charge in [-0.05, 0) is 61.9 Å². The molecule has 4 atom stereocenters. The van der Waals surface area contributed by atoms with E-state index in [2.05, 4.69) is 28.6 Å². The molecule has 13 heteroatoms. The van der Waals surface area contributed by atoms with E-state index in [1.54, 1.807) is 23.9 Å². The van der Waals surface area contributed by atoms with Crippen LogP contribution in [0.2, 0.25) is 0 Å². The van der Waals surface area contributed by atoms with Crippen molar-refractivity contribution in [2.45, 2.75) is 56.3 Å². The molecule has 0 bridgehead atoms. The number of carboxylic acids is 1. The average molecular weight is 544 g/mol. The second-order valence-corrected chi connectivity index (χ2v) is 9.60. The number of carboxylic acid groups (broad SMARTS) is 1. The SMILES string of the molecule is CSCCC(N)C(=O)NC(CCCCN)C(=O)NC(Cc1ccc(O)cc1)C(=O)NC(CS)C(=O)O. The van der Waals surface area contributed by atoms with E-state index in [1.165, 1.54) is 12.1 Å². The maximum absolute atomic E-state index is 13.2. The quantitative estimate of drug-likeness (QED) is 0.0953. The summed E-state index contributed by atoms with van der Waals surface area (Å²) in [4.78, 5) is 50.1. The van der Waals surface area contributed by atoms with Crippen LogP contribution in [0.15, 0.2) is 24.3 Å². The molecular weight excluding hydrogens is 506 g/mol. The molecule has 0 heterocycles. The Kier molecular flexibility index (Phi) is 14.9. The zero-order chi connectivity index (χ0) is 27.1. The van der Waals surface area contributed by atoms with Crippen molar-refractivity contribution in [3.63, 3.8) is 0 Å². The average Bonchev–Trinajstić information content (AvgIpc) is 2.85. The van der Waals surface area contributed by atoms with Crippen LogP contribution in [0.4, 0.5) is 0 Å². The van der Waals surface area contributed by atoms with Gasteiger partial charge in [-0.3, -0.25) is 14.4 Å². The second kappa shape index (κ2) is 17.1. The van der Waals surface area contributed by atoms with Gasteiger partial charge in [0.05, 0.1) is 6.04 Å². The normalized spacial score (nSPS) is 14.2. The number of phenolic OH excluding ortho intramolecular Hbond substituents is 1. The van der Waals surface area contributed by atoms with Crippen LogP contribution in [0.5, 0.6) is 5.75 Å². The molecule has 3 amide bonds. The number of carbonyl (C=O) groups excluding carboxylic acids is 3. The Morgan fingerprint density at radius 3 is 2.08 bits per heavy atom. The van der Waals surface area contributed by atoms with Gasteiger partial charge in [0.2, 0.25) is 17.7 Å². The van der Waals surface area contributed by atoms with Crippen LogP contribution < -0.4 is 27.4 Å². The van der Waals surface area contributed by atoms with Gasteiger partial charge < -0.3 is 37.6 Å². The van der Waals surface area contributed by atoms with Crippen molar-refractivity contribution in [2.24, 2.45) is 11.5 Å². The summed E-state index contributed by atoms with van der Waals surface area (Å²) in [5.74, 6) is -2.49. The topological polar surface area (TPSA) is 197 Å². The third kappa shape index (κ3) is 11.5. The summed E-state index contributed by atoms with van der Waals surface area (Å²) in [7, 11) is 0. The molecule has 11 nitrogen and oxygen atoms in total. The van der Waals surface area contributed by atoms with Crippen molar-refractivity contribution in [3.8, 4) is 5.75 Å². The molecule has 0 saturated carbocycles. The molecule has 1 aromatic rings. The predicted octanol–water partition coefficient (Wildman–Crippen LogP) is -0.387. The van der Waals surface area contributed by atoms with Crippen LogP contribution in [0.1, 0.15) is 31.2 Å². The molecule has 202 valence electrons. The molecule has 36 heavy (non-hydrogen) atoms. The van der Waals surface area contributed by atoms with Crippen molar-refractivity contribution in [3.05, 3.63) is 29.8 Å². The minimum absolute atomic E-state index is 0.0213. The van der Waals surface area contributed by atoms with Crippen LogP contribution in [0, 0.1) is 0 Å². The van der Waals surface area contributed by atoms with Crippen LogP contribution in [-0.4, -0.2) is 82.4 Å². The molecule has 4 unspecified atom stereocenters. The van der Waals surface area contributed by atoms with Gasteiger partial charge in [-0.15, -0.1) is 0 Å². The number of aliphatic carboxylic acids is 1. The number of rotatable bonds is 17. The smallest absolute Gasteiger partial charge is 0.327 e. The highest BCUT2D eigenvalue weighted by Crippen LogP contribution is 2.12.